The Morgan fingerprint density at radius 1 is 1.30 bits per heavy atom. The van der Waals surface area contributed by atoms with Gasteiger partial charge in [0.1, 0.15) is 0 Å². The first-order valence-corrected chi connectivity index (χ1v) is 7.58. The maximum absolute atomic E-state index is 5.97. The molecule has 1 aliphatic heterocycles. The Morgan fingerprint density at radius 3 is 3.05 bits per heavy atom. The maximum Gasteiger partial charge on any atom is 0.193 e. The van der Waals surface area contributed by atoms with Gasteiger partial charge in [0.25, 0.3) is 0 Å². The van der Waals surface area contributed by atoms with Crippen molar-refractivity contribution in [2.24, 2.45) is 16.6 Å². The van der Waals surface area contributed by atoms with E-state index in [1.807, 2.05) is 0 Å². The second kappa shape index (κ2) is 6.27. The number of aliphatic imine (C=N–C) groups is 1. The van der Waals surface area contributed by atoms with E-state index in [9.17, 15) is 0 Å². The Kier molecular flexibility index (Phi) is 4.21. The summed E-state index contributed by atoms with van der Waals surface area (Å²) in [6.07, 6.45) is 5.99. The number of nitrogens with one attached hydrogen (secondary N) is 1. The van der Waals surface area contributed by atoms with E-state index >= 15 is 0 Å². The first-order valence-electron chi connectivity index (χ1n) is 7.58. The zero-order valence-electron chi connectivity index (χ0n) is 11.9. The van der Waals surface area contributed by atoms with Crippen molar-refractivity contribution in [2.45, 2.75) is 32.1 Å². The lowest BCUT2D eigenvalue weighted by Crippen LogP contribution is -2.26. The average molecular weight is 273 g/mol. The molecule has 1 saturated heterocycles. The zero-order chi connectivity index (χ0) is 13.8. The van der Waals surface area contributed by atoms with Crippen LogP contribution in [0.4, 0.5) is 5.69 Å². The van der Waals surface area contributed by atoms with Gasteiger partial charge in [0.2, 0.25) is 0 Å². The number of nitrogens with two attached hydrogens (primary N) is 1. The molecule has 0 bridgehead atoms. The Bertz CT molecular complexity index is 492. The van der Waals surface area contributed by atoms with Gasteiger partial charge in [0.05, 0.1) is 6.61 Å². The zero-order valence-corrected chi connectivity index (χ0v) is 11.9. The summed E-state index contributed by atoms with van der Waals surface area (Å²) < 4.78 is 5.45. The molecule has 0 radical (unpaired) electrons. The minimum atomic E-state index is 0.508. The number of aryl methyl sites for hydroxylation is 2. The second-order valence-corrected chi connectivity index (χ2v) is 5.77. The molecule has 1 fully saturated rings. The highest BCUT2D eigenvalue weighted by Gasteiger charge is 2.13. The molecule has 20 heavy (non-hydrogen) atoms. The van der Waals surface area contributed by atoms with Gasteiger partial charge in [0, 0.05) is 24.8 Å². The Balaban J connectivity index is 1.56. The molecule has 3 N–H and O–H groups in total. The van der Waals surface area contributed by atoms with Gasteiger partial charge in [-0.2, -0.15) is 0 Å². The highest BCUT2D eigenvalue weighted by atomic mass is 16.5. The van der Waals surface area contributed by atoms with Crippen LogP contribution in [-0.2, 0) is 17.6 Å². The van der Waals surface area contributed by atoms with E-state index < -0.39 is 0 Å². The molecular formula is C16H23N3O. The van der Waals surface area contributed by atoms with Crippen molar-refractivity contribution in [1.82, 2.24) is 0 Å². The summed E-state index contributed by atoms with van der Waals surface area (Å²) in [6, 6.07) is 6.50. The number of ether oxygens (including phenoxy) is 1. The van der Waals surface area contributed by atoms with Crippen molar-refractivity contribution in [3.8, 4) is 0 Å². The fraction of sp³-hybridized carbons (Fsp3) is 0.562. The first-order chi connectivity index (χ1) is 9.81. The summed E-state index contributed by atoms with van der Waals surface area (Å²) in [6.45, 7) is 2.46. The number of rotatable bonds is 3. The summed E-state index contributed by atoms with van der Waals surface area (Å²) in [5, 5.41) is 3.20. The van der Waals surface area contributed by atoms with Crippen LogP contribution >= 0.6 is 0 Å². The van der Waals surface area contributed by atoms with Gasteiger partial charge < -0.3 is 15.8 Å². The lowest BCUT2D eigenvalue weighted by molar-refractivity contribution is 0.0582. The predicted molar refractivity (Wildman–Crippen MR) is 82.1 cm³/mol. The number of hydrogen-bond donors (Lipinski definition) is 2. The van der Waals surface area contributed by atoms with Crippen LogP contribution < -0.4 is 11.1 Å². The summed E-state index contributed by atoms with van der Waals surface area (Å²) in [5.74, 6) is 1.03. The van der Waals surface area contributed by atoms with E-state index in [2.05, 4.69) is 28.5 Å². The highest BCUT2D eigenvalue weighted by molar-refractivity contribution is 5.92. The van der Waals surface area contributed by atoms with Crippen LogP contribution in [0.2, 0.25) is 0 Å². The van der Waals surface area contributed by atoms with Crippen molar-refractivity contribution in [2.75, 3.05) is 25.1 Å². The molecule has 1 aromatic rings. The molecular weight excluding hydrogens is 250 g/mol. The number of fused-ring (bicyclic) bond motifs is 1. The topological polar surface area (TPSA) is 59.6 Å². The Morgan fingerprint density at radius 2 is 2.20 bits per heavy atom. The molecule has 1 aliphatic carbocycles. The summed E-state index contributed by atoms with van der Waals surface area (Å²) in [7, 11) is 0. The highest BCUT2D eigenvalue weighted by Crippen LogP contribution is 2.24. The van der Waals surface area contributed by atoms with Gasteiger partial charge in [0.15, 0.2) is 5.96 Å². The predicted octanol–water partition coefficient (Wildman–Crippen LogP) is 2.33. The molecule has 3 rings (SSSR count). The van der Waals surface area contributed by atoms with E-state index in [4.69, 9.17) is 10.5 Å². The molecule has 108 valence electrons. The van der Waals surface area contributed by atoms with Crippen LogP contribution in [0.15, 0.2) is 23.2 Å². The van der Waals surface area contributed by atoms with Gasteiger partial charge >= 0.3 is 0 Å². The number of guanidine groups is 1. The van der Waals surface area contributed by atoms with Crippen molar-refractivity contribution < 1.29 is 4.74 Å². The van der Waals surface area contributed by atoms with Crippen LogP contribution in [0.1, 0.15) is 30.4 Å². The SMILES string of the molecule is NC(=NCC1CCCOC1)Nc1ccc2c(c1)CCC2. The van der Waals surface area contributed by atoms with E-state index in [0.717, 1.165) is 31.9 Å². The average Bonchev–Trinajstić information content (AvgIpc) is 2.94. The maximum atomic E-state index is 5.97. The van der Waals surface area contributed by atoms with Crippen molar-refractivity contribution >= 4 is 11.6 Å². The third-order valence-corrected chi connectivity index (χ3v) is 4.15. The molecule has 0 amide bonds. The molecule has 0 aromatic heterocycles. The number of nitrogens with zero attached hydrogens (tertiary/aromatic N) is 1. The number of benzene rings is 1. The summed E-state index contributed by atoms with van der Waals surface area (Å²) in [4.78, 5) is 4.44. The molecule has 1 unspecified atom stereocenters. The largest absolute Gasteiger partial charge is 0.381 e. The van der Waals surface area contributed by atoms with Crippen molar-refractivity contribution in [3.63, 3.8) is 0 Å². The van der Waals surface area contributed by atoms with Crippen molar-refractivity contribution in [1.29, 1.82) is 0 Å². The lowest BCUT2D eigenvalue weighted by Gasteiger charge is -2.20. The van der Waals surface area contributed by atoms with Crippen LogP contribution in [0, 0.1) is 5.92 Å². The van der Waals surface area contributed by atoms with E-state index in [1.54, 1.807) is 0 Å². The molecule has 1 heterocycles. The first kappa shape index (κ1) is 13.4. The molecule has 4 heteroatoms. The summed E-state index contributed by atoms with van der Waals surface area (Å²) in [5.41, 5.74) is 9.94. The molecule has 1 atom stereocenters. The molecule has 4 nitrogen and oxygen atoms in total. The fourth-order valence-electron chi connectivity index (χ4n) is 3.02. The van der Waals surface area contributed by atoms with Gasteiger partial charge in [-0.15, -0.1) is 0 Å². The van der Waals surface area contributed by atoms with E-state index in [0.29, 0.717) is 11.9 Å². The minimum absolute atomic E-state index is 0.508. The van der Waals surface area contributed by atoms with Gasteiger partial charge in [-0.1, -0.05) is 6.07 Å². The van der Waals surface area contributed by atoms with Gasteiger partial charge in [-0.05, 0) is 55.4 Å². The quantitative estimate of drug-likeness (QED) is 0.656. The normalized spacial score (nSPS) is 22.6. The number of anilines is 1. The van der Waals surface area contributed by atoms with Gasteiger partial charge in [-0.25, -0.2) is 0 Å². The lowest BCUT2D eigenvalue weighted by atomic mass is 10.0. The van der Waals surface area contributed by atoms with Crippen LogP contribution in [-0.4, -0.2) is 25.7 Å². The molecule has 1 aromatic carbocycles. The fourth-order valence-corrected chi connectivity index (χ4v) is 3.02. The van der Waals surface area contributed by atoms with Crippen LogP contribution in [0.5, 0.6) is 0 Å². The number of hydrogen-bond acceptors (Lipinski definition) is 2. The molecule has 0 saturated carbocycles. The third-order valence-electron chi connectivity index (χ3n) is 4.15. The van der Waals surface area contributed by atoms with Crippen LogP contribution in [0.3, 0.4) is 0 Å². The van der Waals surface area contributed by atoms with Gasteiger partial charge in [-0.3, -0.25) is 4.99 Å². The smallest absolute Gasteiger partial charge is 0.193 e. The second-order valence-electron chi connectivity index (χ2n) is 5.77. The Labute approximate surface area is 120 Å². The molecule has 0 spiro atoms. The van der Waals surface area contributed by atoms with Crippen molar-refractivity contribution in [3.05, 3.63) is 29.3 Å². The minimum Gasteiger partial charge on any atom is -0.381 e. The standard InChI is InChI=1S/C16H23N3O/c17-16(18-10-12-3-2-8-20-11-12)19-15-7-6-13-4-1-5-14(13)9-15/h6-7,9,12H,1-5,8,10-11H2,(H3,17,18,19). The third kappa shape index (κ3) is 3.31. The van der Waals surface area contributed by atoms with Crippen LogP contribution in [0.25, 0.3) is 0 Å². The monoisotopic (exact) mass is 273 g/mol. The molecule has 2 aliphatic rings. The van der Waals surface area contributed by atoms with E-state index in [1.165, 1.54) is 36.8 Å². The Hall–Kier alpha value is -1.55. The van der Waals surface area contributed by atoms with E-state index in [-0.39, 0.29) is 0 Å². The summed E-state index contributed by atoms with van der Waals surface area (Å²) >= 11 is 0.